The summed E-state index contributed by atoms with van der Waals surface area (Å²) in [7, 11) is 0. The van der Waals surface area contributed by atoms with Crippen molar-refractivity contribution in [3.8, 4) is 11.3 Å². The van der Waals surface area contributed by atoms with Crippen LogP contribution in [0.25, 0.3) is 22.2 Å². The summed E-state index contributed by atoms with van der Waals surface area (Å²) in [5, 5.41) is 1.38. The number of pyridine rings is 2. The number of benzene rings is 1. The predicted octanol–water partition coefficient (Wildman–Crippen LogP) is 6.11. The third-order valence-corrected chi connectivity index (χ3v) is 3.80. The zero-order valence-corrected chi connectivity index (χ0v) is 13.0. The van der Waals surface area contributed by atoms with Crippen LogP contribution in [0.2, 0.25) is 10.2 Å². The van der Waals surface area contributed by atoms with E-state index in [9.17, 15) is 4.39 Å². The van der Waals surface area contributed by atoms with Crippen LogP contribution in [0.5, 0.6) is 0 Å². The molecule has 5 heteroatoms. The Kier molecular flexibility index (Phi) is 5.34. The summed E-state index contributed by atoms with van der Waals surface area (Å²) in [5.74, 6) is -0.454. The maximum absolute atomic E-state index is 13.4. The van der Waals surface area contributed by atoms with Gasteiger partial charge in [0, 0.05) is 10.9 Å². The van der Waals surface area contributed by atoms with E-state index in [0.717, 1.165) is 22.2 Å². The van der Waals surface area contributed by atoms with Gasteiger partial charge in [0.05, 0.1) is 22.4 Å². The van der Waals surface area contributed by atoms with E-state index in [0.29, 0.717) is 17.1 Å². The summed E-state index contributed by atoms with van der Waals surface area (Å²) < 4.78 is 13.4. The van der Waals surface area contributed by atoms with Crippen molar-refractivity contribution in [1.82, 2.24) is 9.97 Å². The van der Waals surface area contributed by atoms with Gasteiger partial charge in [-0.3, -0.25) is 0 Å². The average molecular weight is 349 g/mol. The first-order valence-corrected chi connectivity index (χ1v) is 7.35. The molecule has 0 saturated carbocycles. The summed E-state index contributed by atoms with van der Waals surface area (Å²) in [6.07, 6.45) is 4.04. The number of allylic oxidation sites excluding steroid dienone is 1. The summed E-state index contributed by atoms with van der Waals surface area (Å²) in [6.45, 7) is 3.77. The van der Waals surface area contributed by atoms with Crippen molar-refractivity contribution < 1.29 is 4.39 Å². The number of aromatic nitrogens is 2. The SMILES string of the molecule is C.C=CCc1cc2cc(Cl)ncc2nc1-c1ccc(F)c(Cl)c1. The second-order valence-electron chi connectivity index (χ2n) is 4.82. The van der Waals surface area contributed by atoms with Crippen LogP contribution < -0.4 is 0 Å². The van der Waals surface area contributed by atoms with E-state index in [2.05, 4.69) is 16.5 Å². The lowest BCUT2D eigenvalue weighted by Gasteiger charge is -2.10. The summed E-state index contributed by atoms with van der Waals surface area (Å²) in [5.41, 5.74) is 3.17. The Balaban J connectivity index is 0.00000192. The van der Waals surface area contributed by atoms with E-state index in [1.807, 2.05) is 6.07 Å². The van der Waals surface area contributed by atoms with Gasteiger partial charge in [-0.2, -0.15) is 0 Å². The molecule has 1 aromatic carbocycles. The standard InChI is InChI=1S/C17H11Cl2FN2.CH4/c1-2-3-10-6-12-8-16(19)21-9-15(12)22-17(10)11-4-5-14(20)13(18)7-11;/h2,4-9H,1,3H2;1H4. The highest BCUT2D eigenvalue weighted by atomic mass is 35.5. The number of hydrogen-bond acceptors (Lipinski definition) is 2. The molecule has 0 aliphatic rings. The molecule has 23 heavy (non-hydrogen) atoms. The fraction of sp³-hybridized carbons (Fsp3) is 0.111. The lowest BCUT2D eigenvalue weighted by molar-refractivity contribution is 0.628. The molecule has 2 heterocycles. The minimum atomic E-state index is -0.454. The molecule has 0 bridgehead atoms. The minimum absolute atomic E-state index is 0. The first-order chi connectivity index (χ1) is 10.6. The zero-order valence-electron chi connectivity index (χ0n) is 11.5. The molecule has 118 valence electrons. The van der Waals surface area contributed by atoms with Crippen LogP contribution in [-0.4, -0.2) is 9.97 Å². The van der Waals surface area contributed by atoms with Crippen molar-refractivity contribution in [2.75, 3.05) is 0 Å². The quantitative estimate of drug-likeness (QED) is 0.421. The van der Waals surface area contributed by atoms with Gasteiger partial charge in [0.25, 0.3) is 0 Å². The molecule has 3 rings (SSSR count). The number of fused-ring (bicyclic) bond motifs is 1. The third kappa shape index (κ3) is 3.52. The second-order valence-corrected chi connectivity index (χ2v) is 5.61. The molecule has 0 unspecified atom stereocenters. The first-order valence-electron chi connectivity index (χ1n) is 6.60. The van der Waals surface area contributed by atoms with Crippen molar-refractivity contribution in [3.05, 3.63) is 70.7 Å². The van der Waals surface area contributed by atoms with Gasteiger partial charge in [0.15, 0.2) is 0 Å². The number of nitrogens with zero attached hydrogens (tertiary/aromatic N) is 2. The van der Waals surface area contributed by atoms with Crippen molar-refractivity contribution in [3.63, 3.8) is 0 Å². The van der Waals surface area contributed by atoms with Gasteiger partial charge in [-0.05, 0) is 42.3 Å². The van der Waals surface area contributed by atoms with Crippen molar-refractivity contribution in [2.24, 2.45) is 0 Å². The Morgan fingerprint density at radius 1 is 1.17 bits per heavy atom. The molecule has 0 saturated heterocycles. The molecular weight excluding hydrogens is 334 g/mol. The molecule has 0 aliphatic carbocycles. The normalized spacial score (nSPS) is 10.4. The average Bonchev–Trinajstić information content (AvgIpc) is 2.50. The first kappa shape index (κ1) is 17.4. The van der Waals surface area contributed by atoms with Crippen LogP contribution in [-0.2, 0) is 6.42 Å². The fourth-order valence-corrected chi connectivity index (χ4v) is 2.65. The Labute approximate surface area is 144 Å². The molecular formula is C18H15Cl2FN2. The highest BCUT2D eigenvalue weighted by molar-refractivity contribution is 6.31. The van der Waals surface area contributed by atoms with E-state index in [-0.39, 0.29) is 12.4 Å². The van der Waals surface area contributed by atoms with Crippen molar-refractivity contribution >= 4 is 34.1 Å². The monoisotopic (exact) mass is 348 g/mol. The Hall–Kier alpha value is -1.97. The van der Waals surface area contributed by atoms with Gasteiger partial charge >= 0.3 is 0 Å². The van der Waals surface area contributed by atoms with E-state index in [1.165, 1.54) is 6.07 Å². The molecule has 0 spiro atoms. The molecule has 0 radical (unpaired) electrons. The second kappa shape index (κ2) is 7.07. The van der Waals surface area contributed by atoms with E-state index < -0.39 is 5.82 Å². The predicted molar refractivity (Wildman–Crippen MR) is 95.6 cm³/mol. The minimum Gasteiger partial charge on any atom is -0.246 e. The molecule has 0 amide bonds. The van der Waals surface area contributed by atoms with Crippen LogP contribution in [0.15, 0.2) is 49.2 Å². The van der Waals surface area contributed by atoms with Crippen LogP contribution in [0.4, 0.5) is 4.39 Å². The Morgan fingerprint density at radius 3 is 2.65 bits per heavy atom. The molecule has 0 fully saturated rings. The smallest absolute Gasteiger partial charge is 0.141 e. The summed E-state index contributed by atoms with van der Waals surface area (Å²) in [4.78, 5) is 8.67. The largest absolute Gasteiger partial charge is 0.246 e. The van der Waals surface area contributed by atoms with Crippen LogP contribution in [0, 0.1) is 5.82 Å². The van der Waals surface area contributed by atoms with Crippen molar-refractivity contribution in [2.45, 2.75) is 13.8 Å². The number of rotatable bonds is 3. The Bertz CT molecular complexity index is 878. The summed E-state index contributed by atoms with van der Waals surface area (Å²) >= 11 is 11.8. The van der Waals surface area contributed by atoms with Gasteiger partial charge in [-0.25, -0.2) is 14.4 Å². The lowest BCUT2D eigenvalue weighted by Crippen LogP contribution is -1.95. The third-order valence-electron chi connectivity index (χ3n) is 3.30. The van der Waals surface area contributed by atoms with E-state index in [1.54, 1.807) is 30.5 Å². The highest BCUT2D eigenvalue weighted by Crippen LogP contribution is 2.29. The van der Waals surface area contributed by atoms with Crippen LogP contribution in [0.3, 0.4) is 0 Å². The van der Waals surface area contributed by atoms with Gasteiger partial charge < -0.3 is 0 Å². The molecule has 0 aliphatic heterocycles. The van der Waals surface area contributed by atoms with E-state index in [4.69, 9.17) is 23.2 Å². The van der Waals surface area contributed by atoms with Crippen LogP contribution in [0.1, 0.15) is 13.0 Å². The van der Waals surface area contributed by atoms with Gasteiger partial charge in [-0.1, -0.05) is 36.7 Å². The maximum atomic E-state index is 13.4. The maximum Gasteiger partial charge on any atom is 0.141 e. The lowest BCUT2D eigenvalue weighted by atomic mass is 10.0. The summed E-state index contributed by atoms with van der Waals surface area (Å²) in [6, 6.07) is 8.32. The molecule has 2 nitrogen and oxygen atoms in total. The molecule has 0 atom stereocenters. The van der Waals surface area contributed by atoms with Gasteiger partial charge in [0.2, 0.25) is 0 Å². The fourth-order valence-electron chi connectivity index (χ4n) is 2.30. The topological polar surface area (TPSA) is 25.8 Å². The van der Waals surface area contributed by atoms with Crippen molar-refractivity contribution in [1.29, 1.82) is 0 Å². The van der Waals surface area contributed by atoms with Gasteiger partial charge in [-0.15, -0.1) is 6.58 Å². The zero-order chi connectivity index (χ0) is 15.7. The van der Waals surface area contributed by atoms with Gasteiger partial charge in [0.1, 0.15) is 11.0 Å². The molecule has 0 N–H and O–H groups in total. The molecule has 3 aromatic rings. The van der Waals surface area contributed by atoms with Crippen LogP contribution >= 0.6 is 23.2 Å². The highest BCUT2D eigenvalue weighted by Gasteiger charge is 2.11. The molecule has 2 aromatic heterocycles. The van der Waals surface area contributed by atoms with E-state index >= 15 is 0 Å². The number of hydrogen-bond donors (Lipinski definition) is 0. The number of halogens is 3. The Morgan fingerprint density at radius 2 is 1.96 bits per heavy atom.